The number of rotatable bonds is 6. The third-order valence-corrected chi connectivity index (χ3v) is 3.35. The van der Waals surface area contributed by atoms with Crippen LogP contribution in [0.1, 0.15) is 38.3 Å². The van der Waals surface area contributed by atoms with Gasteiger partial charge in [-0.3, -0.25) is 0 Å². The first kappa shape index (κ1) is 13.4. The molecule has 0 aliphatic heterocycles. The molecule has 1 aromatic rings. The number of methoxy groups -OCH3 is 1. The summed E-state index contributed by atoms with van der Waals surface area (Å²) in [7, 11) is 1.72. The summed E-state index contributed by atoms with van der Waals surface area (Å²) in [6.07, 6.45) is 2.78. The first-order valence-electron chi connectivity index (χ1n) is 6.67. The lowest BCUT2D eigenvalue weighted by Gasteiger charge is -2.26. The van der Waals surface area contributed by atoms with Gasteiger partial charge in [0, 0.05) is 7.11 Å². The van der Waals surface area contributed by atoms with Gasteiger partial charge >= 0.3 is 0 Å². The molecule has 0 amide bonds. The average Bonchev–Trinajstić information content (AvgIpc) is 3.13. The van der Waals surface area contributed by atoms with Crippen LogP contribution in [0.25, 0.3) is 0 Å². The van der Waals surface area contributed by atoms with E-state index in [9.17, 15) is 0 Å². The van der Waals surface area contributed by atoms with Gasteiger partial charge in [0.25, 0.3) is 0 Å². The Hall–Kier alpha value is -1.06. The van der Waals surface area contributed by atoms with E-state index in [4.69, 9.17) is 15.2 Å². The average molecular weight is 249 g/mol. The van der Waals surface area contributed by atoms with Crippen LogP contribution in [0.3, 0.4) is 0 Å². The van der Waals surface area contributed by atoms with Gasteiger partial charge in [-0.25, -0.2) is 0 Å². The smallest absolute Gasteiger partial charge is 0.120 e. The van der Waals surface area contributed by atoms with E-state index in [1.807, 2.05) is 24.3 Å². The van der Waals surface area contributed by atoms with E-state index in [1.165, 1.54) is 12.8 Å². The van der Waals surface area contributed by atoms with Gasteiger partial charge in [-0.05, 0) is 36.5 Å². The Morgan fingerprint density at radius 2 is 2.00 bits per heavy atom. The topological polar surface area (TPSA) is 44.5 Å². The second-order valence-electron chi connectivity index (χ2n) is 5.36. The molecule has 0 bridgehead atoms. The molecule has 1 aliphatic rings. The fourth-order valence-electron chi connectivity index (χ4n) is 2.20. The molecule has 0 saturated heterocycles. The number of nitrogens with two attached hydrogens (primary N) is 1. The standard InChI is InChI=1S/C15H23NO2/c1-10(2)15(17-3)14(16)11-5-4-6-13(9-11)18-12-7-8-12/h4-6,9-10,12,14-15H,7-8,16H2,1-3H3. The molecule has 18 heavy (non-hydrogen) atoms. The van der Waals surface area contributed by atoms with Crippen molar-refractivity contribution in [2.45, 2.75) is 44.9 Å². The summed E-state index contributed by atoms with van der Waals surface area (Å²) in [5.41, 5.74) is 7.36. The Bertz CT molecular complexity index is 388. The maximum atomic E-state index is 6.29. The van der Waals surface area contributed by atoms with Crippen molar-refractivity contribution in [1.82, 2.24) is 0 Å². The molecule has 100 valence electrons. The van der Waals surface area contributed by atoms with Crippen molar-refractivity contribution in [2.75, 3.05) is 7.11 Å². The van der Waals surface area contributed by atoms with Gasteiger partial charge in [-0.2, -0.15) is 0 Å². The third kappa shape index (κ3) is 3.24. The van der Waals surface area contributed by atoms with Crippen LogP contribution < -0.4 is 10.5 Å². The summed E-state index contributed by atoms with van der Waals surface area (Å²) in [6.45, 7) is 4.25. The molecule has 2 unspecified atom stereocenters. The number of benzene rings is 1. The summed E-state index contributed by atoms with van der Waals surface area (Å²) in [6, 6.07) is 7.96. The Morgan fingerprint density at radius 3 is 2.56 bits per heavy atom. The molecule has 0 aromatic heterocycles. The molecule has 1 fully saturated rings. The molecule has 2 N–H and O–H groups in total. The normalized spacial score (nSPS) is 18.7. The van der Waals surface area contributed by atoms with Crippen LogP contribution >= 0.6 is 0 Å². The minimum Gasteiger partial charge on any atom is -0.490 e. The van der Waals surface area contributed by atoms with Crippen LogP contribution in [0.4, 0.5) is 0 Å². The molecule has 2 rings (SSSR count). The number of hydrogen-bond donors (Lipinski definition) is 1. The Balaban J connectivity index is 2.10. The van der Waals surface area contributed by atoms with Crippen molar-refractivity contribution in [3.8, 4) is 5.75 Å². The Morgan fingerprint density at radius 1 is 1.28 bits per heavy atom. The summed E-state index contributed by atoms with van der Waals surface area (Å²) in [5, 5.41) is 0. The van der Waals surface area contributed by atoms with Crippen molar-refractivity contribution in [2.24, 2.45) is 11.7 Å². The highest BCUT2D eigenvalue weighted by Gasteiger charge is 2.25. The zero-order chi connectivity index (χ0) is 13.1. The highest BCUT2D eigenvalue weighted by Crippen LogP contribution is 2.29. The van der Waals surface area contributed by atoms with E-state index >= 15 is 0 Å². The van der Waals surface area contributed by atoms with E-state index in [1.54, 1.807) is 7.11 Å². The Kier molecular flexibility index (Phi) is 4.25. The van der Waals surface area contributed by atoms with Gasteiger partial charge in [-0.15, -0.1) is 0 Å². The first-order chi connectivity index (χ1) is 8.61. The van der Waals surface area contributed by atoms with Crippen LogP contribution in [-0.2, 0) is 4.74 Å². The fourth-order valence-corrected chi connectivity index (χ4v) is 2.20. The van der Waals surface area contributed by atoms with Crippen molar-refractivity contribution in [3.05, 3.63) is 29.8 Å². The van der Waals surface area contributed by atoms with Crippen molar-refractivity contribution < 1.29 is 9.47 Å². The van der Waals surface area contributed by atoms with Gasteiger partial charge in [0.15, 0.2) is 0 Å². The van der Waals surface area contributed by atoms with Crippen LogP contribution in [0, 0.1) is 5.92 Å². The van der Waals surface area contributed by atoms with Crippen LogP contribution in [-0.4, -0.2) is 19.3 Å². The molecular formula is C15H23NO2. The number of hydrogen-bond acceptors (Lipinski definition) is 3. The quantitative estimate of drug-likeness (QED) is 0.843. The lowest BCUT2D eigenvalue weighted by atomic mass is 9.94. The Labute approximate surface area is 109 Å². The summed E-state index contributed by atoms with van der Waals surface area (Å²) >= 11 is 0. The van der Waals surface area contributed by atoms with Gasteiger partial charge < -0.3 is 15.2 Å². The first-order valence-corrected chi connectivity index (χ1v) is 6.67. The number of ether oxygens (including phenoxy) is 2. The molecule has 1 aliphatic carbocycles. The molecule has 3 nitrogen and oxygen atoms in total. The van der Waals surface area contributed by atoms with E-state index in [-0.39, 0.29) is 12.1 Å². The second kappa shape index (κ2) is 5.72. The predicted octanol–water partition coefficient (Wildman–Crippen LogP) is 2.90. The molecule has 0 spiro atoms. The molecule has 0 radical (unpaired) electrons. The zero-order valence-electron chi connectivity index (χ0n) is 11.4. The van der Waals surface area contributed by atoms with Gasteiger partial charge in [-0.1, -0.05) is 26.0 Å². The van der Waals surface area contributed by atoms with Gasteiger partial charge in [0.05, 0.1) is 18.2 Å². The van der Waals surface area contributed by atoms with E-state index in [0.717, 1.165) is 11.3 Å². The van der Waals surface area contributed by atoms with Crippen LogP contribution in [0.2, 0.25) is 0 Å². The molecule has 2 atom stereocenters. The summed E-state index contributed by atoms with van der Waals surface area (Å²) in [4.78, 5) is 0. The van der Waals surface area contributed by atoms with Crippen molar-refractivity contribution in [1.29, 1.82) is 0 Å². The van der Waals surface area contributed by atoms with Gasteiger partial charge in [0.1, 0.15) is 5.75 Å². The van der Waals surface area contributed by atoms with Gasteiger partial charge in [0.2, 0.25) is 0 Å². The minimum absolute atomic E-state index is 0.0289. The molecule has 0 heterocycles. The molecule has 1 aromatic carbocycles. The maximum Gasteiger partial charge on any atom is 0.120 e. The van der Waals surface area contributed by atoms with E-state index < -0.39 is 0 Å². The summed E-state index contributed by atoms with van der Waals surface area (Å²) in [5.74, 6) is 1.31. The predicted molar refractivity (Wildman–Crippen MR) is 72.7 cm³/mol. The highest BCUT2D eigenvalue weighted by molar-refractivity contribution is 5.31. The third-order valence-electron chi connectivity index (χ3n) is 3.35. The molecular weight excluding hydrogens is 226 g/mol. The second-order valence-corrected chi connectivity index (χ2v) is 5.36. The zero-order valence-corrected chi connectivity index (χ0v) is 11.4. The largest absolute Gasteiger partial charge is 0.490 e. The fraction of sp³-hybridized carbons (Fsp3) is 0.600. The van der Waals surface area contributed by atoms with E-state index in [2.05, 4.69) is 13.8 Å². The lowest BCUT2D eigenvalue weighted by Crippen LogP contribution is -2.32. The van der Waals surface area contributed by atoms with E-state index in [0.29, 0.717) is 12.0 Å². The van der Waals surface area contributed by atoms with Crippen LogP contribution in [0.15, 0.2) is 24.3 Å². The lowest BCUT2D eigenvalue weighted by molar-refractivity contribution is 0.0436. The van der Waals surface area contributed by atoms with Crippen LogP contribution in [0.5, 0.6) is 5.75 Å². The van der Waals surface area contributed by atoms with Crippen molar-refractivity contribution >= 4 is 0 Å². The maximum absolute atomic E-state index is 6.29. The monoisotopic (exact) mass is 249 g/mol. The minimum atomic E-state index is -0.113. The highest BCUT2D eigenvalue weighted by atomic mass is 16.5. The summed E-state index contributed by atoms with van der Waals surface area (Å²) < 4.78 is 11.3. The molecule has 3 heteroatoms. The van der Waals surface area contributed by atoms with Crippen molar-refractivity contribution in [3.63, 3.8) is 0 Å². The SMILES string of the molecule is COC(C(C)C)C(N)c1cccc(OC2CC2)c1. The molecule has 1 saturated carbocycles.